The lowest BCUT2D eigenvalue weighted by Gasteiger charge is -2.47. The van der Waals surface area contributed by atoms with Crippen molar-refractivity contribution >= 4 is 11.7 Å². The maximum Gasteiger partial charge on any atom is 0.187 e. The molecule has 23 N–H and O–H groups in total. The van der Waals surface area contributed by atoms with Crippen LogP contribution >= 0.6 is 0 Å². The lowest BCUT2D eigenvalue weighted by Crippen LogP contribution is -2.68. The Bertz CT molecular complexity index is 1180. The molecular weight excluding hydrogens is 698 g/mol. The fraction of sp³-hybridized carbons (Fsp3) is 0.931. The van der Waals surface area contributed by atoms with Crippen LogP contribution in [0.5, 0.6) is 0 Å². The number of carbonyl (C=O) groups is 1. The summed E-state index contributed by atoms with van der Waals surface area (Å²) in [5, 5.41) is 74.5. The van der Waals surface area contributed by atoms with Crippen LogP contribution in [-0.2, 0) is 33.2 Å². The number of ketones is 1. The van der Waals surface area contributed by atoms with E-state index in [0.29, 0.717) is 6.42 Å². The van der Waals surface area contributed by atoms with Crippen molar-refractivity contribution in [2.45, 2.75) is 148 Å². The molecule has 3 heterocycles. The summed E-state index contributed by atoms with van der Waals surface area (Å²) in [7, 11) is 0. The number of aliphatic imine (C=N–C) groups is 1. The molecule has 3 saturated heterocycles. The van der Waals surface area contributed by atoms with Crippen molar-refractivity contribution in [3.8, 4) is 0 Å². The molecule has 4 fully saturated rings. The van der Waals surface area contributed by atoms with Gasteiger partial charge in [0.05, 0.1) is 36.9 Å². The second-order valence-corrected chi connectivity index (χ2v) is 13.7. The quantitative estimate of drug-likeness (QED) is 0.0419. The number of hydrogen-bond donors (Lipinski definition) is 15. The van der Waals surface area contributed by atoms with E-state index >= 15 is 0 Å². The van der Waals surface area contributed by atoms with Crippen molar-refractivity contribution in [3.63, 3.8) is 0 Å². The summed E-state index contributed by atoms with van der Waals surface area (Å²) in [6.07, 6.45) is -21.2. The molecular formula is C29H57N9O14. The summed E-state index contributed by atoms with van der Waals surface area (Å²) >= 11 is 0. The molecule has 4 aliphatic rings. The summed E-state index contributed by atoms with van der Waals surface area (Å²) in [5.74, 6) is -0.590. The van der Waals surface area contributed by atoms with Crippen molar-refractivity contribution in [2.24, 2.45) is 50.9 Å². The number of ether oxygens (including phenoxy) is 6. The van der Waals surface area contributed by atoms with Gasteiger partial charge in [0.15, 0.2) is 30.6 Å². The van der Waals surface area contributed by atoms with Gasteiger partial charge in [0.1, 0.15) is 61.0 Å². The van der Waals surface area contributed by atoms with E-state index in [-0.39, 0.29) is 31.9 Å². The highest BCUT2D eigenvalue weighted by Crippen LogP contribution is 2.34. The zero-order valence-electron chi connectivity index (χ0n) is 28.6. The van der Waals surface area contributed by atoms with Gasteiger partial charge < -0.3 is 110 Å². The van der Waals surface area contributed by atoms with Gasteiger partial charge in [0, 0.05) is 31.6 Å². The summed E-state index contributed by atoms with van der Waals surface area (Å²) in [6, 6.07) is -5.49. The van der Waals surface area contributed by atoms with Gasteiger partial charge in [-0.2, -0.15) is 0 Å². The summed E-state index contributed by atoms with van der Waals surface area (Å²) in [6.45, 7) is -0.630. The van der Waals surface area contributed by atoms with E-state index in [1.165, 1.54) is 0 Å². The largest absolute Gasteiger partial charge is 0.394 e. The number of hydrogen-bond acceptors (Lipinski definition) is 21. The van der Waals surface area contributed by atoms with Gasteiger partial charge in [-0.05, 0) is 19.3 Å². The third-order valence-electron chi connectivity index (χ3n) is 9.92. The van der Waals surface area contributed by atoms with Crippen molar-refractivity contribution in [2.75, 3.05) is 19.7 Å². The molecule has 3 aliphatic heterocycles. The first-order chi connectivity index (χ1) is 24.5. The zero-order valence-corrected chi connectivity index (χ0v) is 28.6. The second kappa shape index (κ2) is 18.7. The molecule has 20 atom stereocenters. The molecule has 0 radical (unpaired) electrons. The van der Waals surface area contributed by atoms with Gasteiger partial charge in [0.25, 0.3) is 0 Å². The lowest BCUT2D eigenvalue weighted by atomic mass is 9.84. The highest BCUT2D eigenvalue weighted by atomic mass is 16.8. The number of aliphatic hydroxyl groups is 7. The predicted molar refractivity (Wildman–Crippen MR) is 177 cm³/mol. The van der Waals surface area contributed by atoms with E-state index in [1.807, 2.05) is 0 Å². The van der Waals surface area contributed by atoms with E-state index in [9.17, 15) is 40.5 Å². The monoisotopic (exact) mass is 755 g/mol. The fourth-order valence-electron chi connectivity index (χ4n) is 6.75. The molecule has 23 nitrogen and oxygen atoms in total. The Labute approximate surface area is 299 Å². The molecule has 1 saturated carbocycles. The maximum absolute atomic E-state index is 12.9. The normalized spacial score (nSPS) is 46.1. The molecule has 0 bridgehead atoms. The minimum atomic E-state index is -1.67. The Balaban J connectivity index is 1.46. The average molecular weight is 756 g/mol. The standard InChI is InChI=1S/C29H57N9O14/c30-6-13-19(43)21(45)16(35)27(48-13)51-24-14(7-39)49-28(22(24)46)52-25-17(41)9(32)4-10(33)23(25)50-26-15(34)20(44)18(42)12(47-26)5-11(40)8(31)2-1-3-38-29(36)37/h8-10,12-28,39,41-46H,1-7,30-35H2,(H4,36,37,38)/t8-,9+,10-,12+,13-,14+,15+,16+,17-,18+,19+,20+,21+,22+,23+,24+,25+,26+,27+,28-/m0/s1. The van der Waals surface area contributed by atoms with Gasteiger partial charge in [0.2, 0.25) is 0 Å². The molecule has 23 heteroatoms. The Hall–Kier alpha value is -1.82. The number of nitrogens with zero attached hydrogens (tertiary/aromatic N) is 1. The topological polar surface area (TPSA) is 435 Å². The molecule has 4 rings (SSSR count). The molecule has 302 valence electrons. The molecule has 0 aromatic heterocycles. The van der Waals surface area contributed by atoms with E-state index < -0.39 is 141 Å². The number of Topliss-reactive ketones (excluding diaryl/α,β-unsaturated/α-hetero) is 1. The molecule has 0 aromatic carbocycles. The third kappa shape index (κ3) is 9.69. The number of rotatable bonds is 15. The highest BCUT2D eigenvalue weighted by molar-refractivity contribution is 5.84. The predicted octanol–water partition coefficient (Wildman–Crippen LogP) is -9.51. The van der Waals surface area contributed by atoms with Crippen LogP contribution in [0.4, 0.5) is 0 Å². The van der Waals surface area contributed by atoms with Crippen LogP contribution in [0.2, 0.25) is 0 Å². The van der Waals surface area contributed by atoms with Gasteiger partial charge in [-0.15, -0.1) is 0 Å². The number of carbonyl (C=O) groups excluding carboxylic acids is 1. The van der Waals surface area contributed by atoms with Gasteiger partial charge in [-0.3, -0.25) is 9.79 Å². The zero-order chi connectivity index (χ0) is 38.6. The molecule has 1 aliphatic carbocycles. The van der Waals surface area contributed by atoms with Crippen molar-refractivity contribution in [1.29, 1.82) is 0 Å². The minimum Gasteiger partial charge on any atom is -0.394 e. The Morgan fingerprint density at radius 3 is 1.83 bits per heavy atom. The van der Waals surface area contributed by atoms with Crippen LogP contribution in [0.25, 0.3) is 0 Å². The van der Waals surface area contributed by atoms with Gasteiger partial charge >= 0.3 is 0 Å². The van der Waals surface area contributed by atoms with Crippen molar-refractivity contribution < 1.29 is 69.0 Å². The summed E-state index contributed by atoms with van der Waals surface area (Å²) < 4.78 is 35.1. The first kappa shape index (κ1) is 42.9. The summed E-state index contributed by atoms with van der Waals surface area (Å²) in [4.78, 5) is 16.7. The average Bonchev–Trinajstić information content (AvgIpc) is 3.40. The van der Waals surface area contributed by atoms with Crippen LogP contribution in [-0.4, -0.2) is 190 Å². The smallest absolute Gasteiger partial charge is 0.187 e. The molecule has 0 spiro atoms. The van der Waals surface area contributed by atoms with Gasteiger partial charge in [-0.1, -0.05) is 0 Å². The van der Waals surface area contributed by atoms with E-state index in [2.05, 4.69) is 4.99 Å². The Morgan fingerprint density at radius 1 is 0.712 bits per heavy atom. The summed E-state index contributed by atoms with van der Waals surface area (Å²) in [5.41, 5.74) is 47.0. The Morgan fingerprint density at radius 2 is 1.25 bits per heavy atom. The van der Waals surface area contributed by atoms with Crippen LogP contribution in [0.3, 0.4) is 0 Å². The lowest BCUT2D eigenvalue weighted by molar-refractivity contribution is -0.308. The molecule has 0 unspecified atom stereocenters. The number of guanidine groups is 1. The molecule has 0 aromatic rings. The third-order valence-corrected chi connectivity index (χ3v) is 9.92. The number of nitrogens with two attached hydrogens (primary N) is 8. The first-order valence-electron chi connectivity index (χ1n) is 17.2. The maximum atomic E-state index is 12.9. The van der Waals surface area contributed by atoms with Crippen LogP contribution < -0.4 is 45.9 Å². The van der Waals surface area contributed by atoms with E-state index in [1.54, 1.807) is 0 Å². The van der Waals surface area contributed by atoms with Gasteiger partial charge in [-0.25, -0.2) is 0 Å². The highest BCUT2D eigenvalue weighted by Gasteiger charge is 2.54. The van der Waals surface area contributed by atoms with E-state index in [4.69, 9.17) is 74.3 Å². The Kier molecular flexibility index (Phi) is 15.4. The van der Waals surface area contributed by atoms with Crippen LogP contribution in [0, 0.1) is 0 Å². The fourth-order valence-corrected chi connectivity index (χ4v) is 6.75. The minimum absolute atomic E-state index is 0.0158. The molecule has 0 amide bonds. The van der Waals surface area contributed by atoms with Crippen molar-refractivity contribution in [1.82, 2.24) is 0 Å². The van der Waals surface area contributed by atoms with Crippen molar-refractivity contribution in [3.05, 3.63) is 0 Å². The SMILES string of the molecule is NC[C@@H]1O[C@H](O[C@H]2[C@@H](O)[C@H](O[C@@H]3[C@@H](O)[C@H](N)C[C@H](N)[C@H]3O[C@H]3O[C@H](CC(=O)[C@@H](N)CCCN=C(N)N)[C@@H](O)[C@H](O)[C@H]3N)O[C@@H]2CO)[C@H](N)[C@@H](O)[C@@H]1O. The van der Waals surface area contributed by atoms with Crippen LogP contribution in [0.1, 0.15) is 25.7 Å². The van der Waals surface area contributed by atoms with E-state index in [0.717, 1.165) is 0 Å². The first-order valence-corrected chi connectivity index (χ1v) is 17.2. The van der Waals surface area contributed by atoms with Crippen LogP contribution in [0.15, 0.2) is 4.99 Å². The molecule has 52 heavy (non-hydrogen) atoms. The number of aliphatic hydroxyl groups excluding tert-OH is 7. The second-order valence-electron chi connectivity index (χ2n) is 13.7.